The van der Waals surface area contributed by atoms with E-state index in [1.54, 1.807) is 23.8 Å². The van der Waals surface area contributed by atoms with Crippen LogP contribution in [0.25, 0.3) is 0 Å². The molecule has 3 aromatic rings. The van der Waals surface area contributed by atoms with Gasteiger partial charge in [0.25, 0.3) is 0 Å². The number of amides is 1. The first-order valence-electron chi connectivity index (χ1n) is 15.2. The van der Waals surface area contributed by atoms with Crippen LogP contribution in [0.1, 0.15) is 25.3 Å². The minimum Gasteiger partial charge on any atom is -0.497 e. The Morgan fingerprint density at radius 1 is 0.938 bits per heavy atom. The predicted molar refractivity (Wildman–Crippen MR) is 181 cm³/mol. The van der Waals surface area contributed by atoms with E-state index in [0.717, 1.165) is 59.3 Å². The van der Waals surface area contributed by atoms with Gasteiger partial charge in [0.15, 0.2) is 11.5 Å². The number of unbranched alkanes of at least 4 members (excludes halogenated alkanes) is 1. The summed E-state index contributed by atoms with van der Waals surface area (Å²) in [5.74, 6) is 1.16. The second kappa shape index (κ2) is 16.8. The van der Waals surface area contributed by atoms with Crippen molar-refractivity contribution in [3.63, 3.8) is 0 Å². The lowest BCUT2D eigenvalue weighted by atomic mass is 9.96. The molecule has 1 amide bonds. The van der Waals surface area contributed by atoms with Crippen molar-refractivity contribution in [2.45, 2.75) is 29.4 Å². The molecular formula is C35H40N2O10S. The predicted octanol–water partition coefficient (Wildman–Crippen LogP) is 5.29. The van der Waals surface area contributed by atoms with Crippen LogP contribution < -0.4 is 28.6 Å². The van der Waals surface area contributed by atoms with Crippen molar-refractivity contribution in [1.82, 2.24) is 4.90 Å². The van der Waals surface area contributed by atoms with Gasteiger partial charge in [0.05, 0.1) is 19.4 Å². The lowest BCUT2D eigenvalue weighted by molar-refractivity contribution is -0.134. The van der Waals surface area contributed by atoms with E-state index in [9.17, 15) is 14.4 Å². The standard InChI is InChI=1S/C31H36N2O6S.C4H4O4/c1-31(30(34)33(3)25-9-5-6-10-29(25)40-31)24-19-22(35-4)11-13-26(24)37-17-8-7-15-32(2)16-18-36-23-12-14-27-28(20-23)39-21-38-27;5-3(6)1-2-4(7)8/h5-6,9-14,19-20H,7-8,15-18,21H2,1-4H3;1-2H,(H,5,6)(H,7,8)/b;2-1+. The summed E-state index contributed by atoms with van der Waals surface area (Å²) < 4.78 is 27.6. The maximum atomic E-state index is 13.6. The molecular weight excluding hydrogens is 640 g/mol. The number of likely N-dealkylation sites (N-methyl/N-ethyl adjacent to an activating group) is 2. The molecule has 12 nitrogen and oxygen atoms in total. The summed E-state index contributed by atoms with van der Waals surface area (Å²) in [6.45, 7) is 5.11. The van der Waals surface area contributed by atoms with Crippen molar-refractivity contribution in [3.8, 4) is 28.7 Å². The molecule has 0 aromatic heterocycles. The van der Waals surface area contributed by atoms with Crippen LogP contribution in [0.15, 0.2) is 77.7 Å². The number of carboxylic acids is 2. The highest BCUT2D eigenvalue weighted by Crippen LogP contribution is 2.52. The minimum absolute atomic E-state index is 0.0129. The van der Waals surface area contributed by atoms with Gasteiger partial charge in [-0.2, -0.15) is 0 Å². The summed E-state index contributed by atoms with van der Waals surface area (Å²) in [6, 6.07) is 19.3. The molecule has 2 aliphatic heterocycles. The molecule has 256 valence electrons. The zero-order valence-electron chi connectivity index (χ0n) is 27.3. The van der Waals surface area contributed by atoms with E-state index in [-0.39, 0.29) is 12.7 Å². The third-order valence-corrected chi connectivity index (χ3v) is 8.97. The number of rotatable bonds is 14. The highest BCUT2D eigenvalue weighted by atomic mass is 32.2. The number of carbonyl (C=O) groups is 3. The van der Waals surface area contributed by atoms with E-state index in [1.165, 1.54) is 0 Å². The van der Waals surface area contributed by atoms with Gasteiger partial charge in [-0.05, 0) is 75.8 Å². The van der Waals surface area contributed by atoms with Gasteiger partial charge in [0.1, 0.15) is 28.6 Å². The fraction of sp³-hybridized carbons (Fsp3) is 0.343. The number of hydrogen-bond acceptors (Lipinski definition) is 10. The van der Waals surface area contributed by atoms with Gasteiger partial charge < -0.3 is 43.7 Å². The Kier molecular flexibility index (Phi) is 12.6. The lowest BCUT2D eigenvalue weighted by Gasteiger charge is -2.39. The van der Waals surface area contributed by atoms with Crippen LogP contribution in [0.2, 0.25) is 0 Å². The minimum atomic E-state index is -1.26. The van der Waals surface area contributed by atoms with Gasteiger partial charge in [0, 0.05) is 42.3 Å². The summed E-state index contributed by atoms with van der Waals surface area (Å²) >= 11 is 1.56. The number of aliphatic carboxylic acids is 2. The molecule has 13 heteroatoms. The maximum absolute atomic E-state index is 13.6. The Hall–Kier alpha value is -4.88. The number of hydrogen-bond donors (Lipinski definition) is 2. The van der Waals surface area contributed by atoms with Crippen LogP contribution >= 0.6 is 11.8 Å². The van der Waals surface area contributed by atoms with Gasteiger partial charge in [0.2, 0.25) is 12.7 Å². The molecule has 0 saturated heterocycles. The largest absolute Gasteiger partial charge is 0.497 e. The summed E-state index contributed by atoms with van der Waals surface area (Å²) in [5.41, 5.74) is 1.74. The van der Waals surface area contributed by atoms with E-state index in [1.807, 2.05) is 68.6 Å². The Bertz CT molecular complexity index is 1610. The Balaban J connectivity index is 0.000000579. The Morgan fingerprint density at radius 2 is 1.65 bits per heavy atom. The molecule has 0 spiro atoms. The first-order chi connectivity index (χ1) is 23.0. The van der Waals surface area contributed by atoms with Crippen molar-refractivity contribution >= 4 is 35.3 Å². The van der Waals surface area contributed by atoms with Gasteiger partial charge in [-0.15, -0.1) is 11.8 Å². The van der Waals surface area contributed by atoms with Gasteiger partial charge in [-0.25, -0.2) is 9.59 Å². The number of fused-ring (bicyclic) bond motifs is 2. The number of methoxy groups -OCH3 is 1. The molecule has 0 saturated carbocycles. The highest BCUT2D eigenvalue weighted by molar-refractivity contribution is 8.01. The summed E-state index contributed by atoms with van der Waals surface area (Å²) in [5, 5.41) is 15.6. The Labute approximate surface area is 283 Å². The summed E-state index contributed by atoms with van der Waals surface area (Å²) in [7, 11) is 5.55. The van der Waals surface area contributed by atoms with Crippen LogP contribution in [0.5, 0.6) is 28.7 Å². The maximum Gasteiger partial charge on any atom is 0.328 e. The molecule has 48 heavy (non-hydrogen) atoms. The first-order valence-corrected chi connectivity index (χ1v) is 16.1. The van der Waals surface area contributed by atoms with E-state index in [0.29, 0.717) is 36.9 Å². The topological polar surface area (TPSA) is 144 Å². The quantitative estimate of drug-likeness (QED) is 0.169. The SMILES string of the molecule is COc1ccc(OCCCCN(C)CCOc2ccc3c(c2)OCO3)c(C2(C)Sc3ccccc3N(C)C2=O)c1.O=C(O)/C=C/C(=O)O. The van der Waals surface area contributed by atoms with E-state index in [4.69, 9.17) is 33.9 Å². The van der Waals surface area contributed by atoms with E-state index < -0.39 is 16.7 Å². The summed E-state index contributed by atoms with van der Waals surface area (Å²) in [4.78, 5) is 37.8. The first kappa shape index (κ1) is 36.0. The molecule has 2 N–H and O–H groups in total. The van der Waals surface area contributed by atoms with Crippen LogP contribution in [0.3, 0.4) is 0 Å². The lowest BCUT2D eigenvalue weighted by Crippen LogP contribution is -2.44. The molecule has 5 rings (SSSR count). The summed E-state index contributed by atoms with van der Waals surface area (Å²) in [6.07, 6.45) is 2.98. The molecule has 0 aliphatic carbocycles. The number of thioether (sulfide) groups is 1. The third-order valence-electron chi connectivity index (χ3n) is 7.60. The number of carbonyl (C=O) groups excluding carboxylic acids is 1. The van der Waals surface area contributed by atoms with Crippen LogP contribution in [0.4, 0.5) is 5.69 Å². The highest BCUT2D eigenvalue weighted by Gasteiger charge is 2.45. The van der Waals surface area contributed by atoms with Crippen molar-refractivity contribution in [3.05, 3.63) is 78.4 Å². The average Bonchev–Trinajstić information content (AvgIpc) is 3.55. The fourth-order valence-electron chi connectivity index (χ4n) is 5.02. The molecule has 2 heterocycles. The van der Waals surface area contributed by atoms with Crippen LogP contribution in [-0.4, -0.2) is 87.3 Å². The smallest absolute Gasteiger partial charge is 0.328 e. The van der Waals surface area contributed by atoms with Crippen LogP contribution in [-0.2, 0) is 19.1 Å². The number of nitrogens with zero attached hydrogens (tertiary/aromatic N) is 2. The molecule has 0 fully saturated rings. The number of benzene rings is 3. The third kappa shape index (κ3) is 9.35. The zero-order valence-corrected chi connectivity index (χ0v) is 28.2. The van der Waals surface area contributed by atoms with Crippen LogP contribution in [0, 0.1) is 0 Å². The molecule has 0 radical (unpaired) electrons. The number of para-hydroxylation sites is 1. The number of carboxylic acid groups (broad SMARTS) is 2. The van der Waals surface area contributed by atoms with Gasteiger partial charge in [-0.3, -0.25) is 4.79 Å². The van der Waals surface area contributed by atoms with Crippen molar-refractivity contribution < 1.29 is 48.3 Å². The van der Waals surface area contributed by atoms with Gasteiger partial charge in [-0.1, -0.05) is 12.1 Å². The van der Waals surface area contributed by atoms with Gasteiger partial charge >= 0.3 is 11.9 Å². The van der Waals surface area contributed by atoms with Crippen molar-refractivity contribution in [2.75, 3.05) is 59.2 Å². The van der Waals surface area contributed by atoms with Crippen molar-refractivity contribution in [2.24, 2.45) is 0 Å². The van der Waals surface area contributed by atoms with E-state index in [2.05, 4.69) is 18.0 Å². The second-order valence-corrected chi connectivity index (χ2v) is 12.5. The van der Waals surface area contributed by atoms with E-state index >= 15 is 0 Å². The molecule has 3 aromatic carbocycles. The normalized spacial score (nSPS) is 16.3. The number of anilines is 1. The molecule has 1 atom stereocenters. The monoisotopic (exact) mass is 680 g/mol. The molecule has 2 aliphatic rings. The molecule has 1 unspecified atom stereocenters. The number of ether oxygens (including phenoxy) is 5. The Morgan fingerprint density at radius 3 is 2.38 bits per heavy atom. The van der Waals surface area contributed by atoms with Crippen molar-refractivity contribution in [1.29, 1.82) is 0 Å². The molecule has 0 bridgehead atoms. The zero-order chi connectivity index (χ0) is 34.7. The average molecular weight is 681 g/mol. The second-order valence-electron chi connectivity index (χ2n) is 11.1. The fourth-order valence-corrected chi connectivity index (χ4v) is 6.41.